The van der Waals surface area contributed by atoms with E-state index in [0.717, 1.165) is 40.1 Å². The maximum absolute atomic E-state index is 13.9. The van der Waals surface area contributed by atoms with Crippen LogP contribution in [0.3, 0.4) is 0 Å². The Hall–Kier alpha value is -3.94. The van der Waals surface area contributed by atoms with Crippen molar-refractivity contribution in [2.45, 2.75) is 38.1 Å². The number of imidazole rings is 1. The van der Waals surface area contributed by atoms with Gasteiger partial charge in [0.25, 0.3) is 5.91 Å². The zero-order valence-corrected chi connectivity index (χ0v) is 18.3. The average molecular weight is 438 g/mol. The van der Waals surface area contributed by atoms with Crippen molar-refractivity contribution >= 4 is 16.9 Å². The van der Waals surface area contributed by atoms with E-state index < -0.39 is 0 Å². The summed E-state index contributed by atoms with van der Waals surface area (Å²) in [6.45, 7) is 2.66. The molecule has 1 aliphatic heterocycles. The molecule has 0 unspecified atom stereocenters. The van der Waals surface area contributed by atoms with Crippen molar-refractivity contribution in [3.05, 3.63) is 89.0 Å². The van der Waals surface area contributed by atoms with Gasteiger partial charge in [-0.15, -0.1) is 0 Å². The molecule has 0 saturated heterocycles. The Morgan fingerprint density at radius 2 is 2.06 bits per heavy atom. The summed E-state index contributed by atoms with van der Waals surface area (Å²) < 4.78 is 3.72. The molecule has 1 saturated carbocycles. The molecule has 5 aromatic heterocycles. The first kappa shape index (κ1) is 18.6. The molecule has 1 N–H and O–H groups in total. The largest absolute Gasteiger partial charge is 0.348 e. The summed E-state index contributed by atoms with van der Waals surface area (Å²) in [7, 11) is 0. The monoisotopic (exact) mass is 437 g/mol. The van der Waals surface area contributed by atoms with Crippen molar-refractivity contribution in [2.24, 2.45) is 0 Å². The number of amides is 1. The van der Waals surface area contributed by atoms with Crippen LogP contribution in [-0.2, 0) is 6.42 Å². The van der Waals surface area contributed by atoms with Crippen LogP contribution in [0.2, 0.25) is 0 Å². The van der Waals surface area contributed by atoms with Crippen LogP contribution in [0.4, 0.5) is 0 Å². The van der Waals surface area contributed by atoms with Crippen molar-refractivity contribution < 1.29 is 4.79 Å². The third kappa shape index (κ3) is 2.83. The van der Waals surface area contributed by atoms with Crippen LogP contribution in [-0.4, -0.2) is 46.5 Å². The molecule has 0 aromatic carbocycles. The Balaban J connectivity index is 1.33. The van der Waals surface area contributed by atoms with E-state index in [2.05, 4.69) is 46.4 Å². The minimum atomic E-state index is -0.354. The predicted molar refractivity (Wildman–Crippen MR) is 122 cm³/mol. The fourth-order valence-electron chi connectivity index (χ4n) is 5.08. The lowest BCUT2D eigenvalue weighted by Gasteiger charge is -2.33. The summed E-state index contributed by atoms with van der Waals surface area (Å²) >= 11 is 0. The standard InChI is InChI=1S/C25H23N7O/c1-15-3-2-9-31-22(15)11-20(29-31)24-23-19(26-14-27-23)8-10-30(24)25(33)18-12-28-32-13-17(16-4-5-16)6-7-21(18)32/h2-3,6-7,9,11-14,16,24H,4-5,8,10H2,1H3,(H,26,27)/t24-/m0/s1. The zero-order chi connectivity index (χ0) is 22.1. The van der Waals surface area contributed by atoms with Gasteiger partial charge in [0.05, 0.1) is 40.5 Å². The number of nitrogens with one attached hydrogen (secondary N) is 1. The number of H-pyrrole nitrogens is 1. The molecule has 33 heavy (non-hydrogen) atoms. The number of aryl methyl sites for hydroxylation is 1. The van der Waals surface area contributed by atoms with Gasteiger partial charge in [-0.25, -0.2) is 14.0 Å². The zero-order valence-electron chi connectivity index (χ0n) is 18.3. The smallest absolute Gasteiger partial charge is 0.258 e. The number of carbonyl (C=O) groups excluding carboxylic acids is 1. The highest BCUT2D eigenvalue weighted by Crippen LogP contribution is 2.40. The Kier molecular flexibility index (Phi) is 3.82. The number of carbonyl (C=O) groups is 1. The van der Waals surface area contributed by atoms with Gasteiger partial charge < -0.3 is 9.88 Å². The van der Waals surface area contributed by atoms with Gasteiger partial charge in [-0.05, 0) is 55.0 Å². The number of aromatic nitrogens is 6. The lowest BCUT2D eigenvalue weighted by Crippen LogP contribution is -2.41. The molecule has 1 amide bonds. The van der Waals surface area contributed by atoms with Gasteiger partial charge in [0.2, 0.25) is 0 Å². The normalized spacial score (nSPS) is 18.2. The Morgan fingerprint density at radius 1 is 1.15 bits per heavy atom. The fraction of sp³-hybridized carbons (Fsp3) is 0.280. The maximum atomic E-state index is 13.9. The average Bonchev–Trinajstić information content (AvgIpc) is 3.22. The fourth-order valence-corrected chi connectivity index (χ4v) is 5.08. The van der Waals surface area contributed by atoms with Crippen LogP contribution in [0.5, 0.6) is 0 Å². The second-order valence-electron chi connectivity index (χ2n) is 9.13. The third-order valence-corrected chi connectivity index (χ3v) is 7.02. The van der Waals surface area contributed by atoms with E-state index in [1.807, 2.05) is 32.3 Å². The van der Waals surface area contributed by atoms with E-state index in [9.17, 15) is 4.79 Å². The molecule has 2 aliphatic rings. The first-order valence-corrected chi connectivity index (χ1v) is 11.4. The maximum Gasteiger partial charge on any atom is 0.258 e. The number of pyridine rings is 2. The van der Waals surface area contributed by atoms with E-state index in [-0.39, 0.29) is 11.9 Å². The molecule has 8 nitrogen and oxygen atoms in total. The molecule has 7 rings (SSSR count). The second kappa shape index (κ2) is 6.78. The molecule has 0 radical (unpaired) electrons. The molecule has 8 heteroatoms. The highest BCUT2D eigenvalue weighted by atomic mass is 16.2. The van der Waals surface area contributed by atoms with Gasteiger partial charge in [0.15, 0.2) is 0 Å². The van der Waals surface area contributed by atoms with Gasteiger partial charge in [0.1, 0.15) is 6.04 Å². The van der Waals surface area contributed by atoms with Crippen LogP contribution >= 0.6 is 0 Å². The Bertz CT molecular complexity index is 1540. The molecule has 0 spiro atoms. The second-order valence-corrected chi connectivity index (χ2v) is 9.13. The Morgan fingerprint density at radius 3 is 2.91 bits per heavy atom. The number of fused-ring (bicyclic) bond motifs is 3. The molecule has 164 valence electrons. The Labute approximate surface area is 189 Å². The summed E-state index contributed by atoms with van der Waals surface area (Å²) in [5, 5.41) is 9.35. The highest BCUT2D eigenvalue weighted by Gasteiger charge is 2.37. The molecule has 1 fully saturated rings. The van der Waals surface area contributed by atoms with Crippen LogP contribution in [0, 0.1) is 6.92 Å². The lowest BCUT2D eigenvalue weighted by atomic mass is 9.98. The van der Waals surface area contributed by atoms with Gasteiger partial charge in [-0.1, -0.05) is 12.1 Å². The topological polar surface area (TPSA) is 83.6 Å². The van der Waals surface area contributed by atoms with E-state index in [1.165, 1.54) is 18.4 Å². The lowest BCUT2D eigenvalue weighted by molar-refractivity contribution is 0.0689. The van der Waals surface area contributed by atoms with Crippen LogP contribution < -0.4 is 0 Å². The molecule has 5 aromatic rings. The van der Waals surface area contributed by atoms with Gasteiger partial charge in [-0.3, -0.25) is 4.79 Å². The minimum absolute atomic E-state index is 0.0448. The molecule has 0 bridgehead atoms. The highest BCUT2D eigenvalue weighted by molar-refractivity contribution is 6.01. The van der Waals surface area contributed by atoms with E-state index in [1.54, 1.807) is 12.5 Å². The van der Waals surface area contributed by atoms with Crippen molar-refractivity contribution in [2.75, 3.05) is 6.54 Å². The van der Waals surface area contributed by atoms with Crippen LogP contribution in [0.1, 0.15) is 63.4 Å². The van der Waals surface area contributed by atoms with Crippen molar-refractivity contribution in [3.8, 4) is 0 Å². The van der Waals surface area contributed by atoms with Crippen molar-refractivity contribution in [3.63, 3.8) is 0 Å². The first-order chi connectivity index (χ1) is 16.2. The minimum Gasteiger partial charge on any atom is -0.348 e. The summed E-state index contributed by atoms with van der Waals surface area (Å²) in [5.41, 5.74) is 7.66. The van der Waals surface area contributed by atoms with Gasteiger partial charge >= 0.3 is 0 Å². The summed E-state index contributed by atoms with van der Waals surface area (Å²) in [6.07, 6.45) is 10.6. The SMILES string of the molecule is Cc1cccn2nc([C@H]3c4nc[nH]c4CCN3C(=O)c3cnn4cc(C5CC5)ccc34)cc12. The summed E-state index contributed by atoms with van der Waals surface area (Å²) in [6, 6.07) is 9.93. The molecule has 1 aliphatic carbocycles. The van der Waals surface area contributed by atoms with Gasteiger partial charge in [0, 0.05) is 31.1 Å². The van der Waals surface area contributed by atoms with Crippen molar-refractivity contribution in [1.29, 1.82) is 0 Å². The van der Waals surface area contributed by atoms with Crippen LogP contribution in [0.15, 0.2) is 55.2 Å². The molecular formula is C25H23N7O. The number of nitrogens with zero attached hydrogens (tertiary/aromatic N) is 6. The van der Waals surface area contributed by atoms with Crippen LogP contribution in [0.25, 0.3) is 11.0 Å². The predicted octanol–water partition coefficient (Wildman–Crippen LogP) is 3.68. The molecular weight excluding hydrogens is 414 g/mol. The number of rotatable bonds is 3. The number of hydrogen-bond acceptors (Lipinski definition) is 4. The quantitative estimate of drug-likeness (QED) is 0.467. The molecule has 6 heterocycles. The first-order valence-electron chi connectivity index (χ1n) is 11.4. The van der Waals surface area contributed by atoms with Gasteiger partial charge in [-0.2, -0.15) is 10.2 Å². The summed E-state index contributed by atoms with van der Waals surface area (Å²) in [4.78, 5) is 23.6. The van der Waals surface area contributed by atoms with E-state index in [0.29, 0.717) is 18.0 Å². The third-order valence-electron chi connectivity index (χ3n) is 7.02. The van der Waals surface area contributed by atoms with Crippen molar-refractivity contribution in [1.82, 2.24) is 34.1 Å². The number of hydrogen-bond donors (Lipinski definition) is 1. The summed E-state index contributed by atoms with van der Waals surface area (Å²) in [5.74, 6) is 0.595. The van der Waals surface area contributed by atoms with E-state index in [4.69, 9.17) is 5.10 Å². The van der Waals surface area contributed by atoms with E-state index >= 15 is 0 Å². The molecule has 1 atom stereocenters. The number of aromatic amines is 1.